The first-order valence-corrected chi connectivity index (χ1v) is 8.08. The summed E-state index contributed by atoms with van der Waals surface area (Å²) in [5.41, 5.74) is 0. The van der Waals surface area contributed by atoms with E-state index in [0.29, 0.717) is 6.54 Å². The second kappa shape index (κ2) is 11.1. The number of piperidine rings is 1. The van der Waals surface area contributed by atoms with E-state index in [9.17, 15) is 14.9 Å². The van der Waals surface area contributed by atoms with Crippen LogP contribution in [0.5, 0.6) is 0 Å². The Morgan fingerprint density at radius 3 is 2.32 bits per heavy atom. The van der Waals surface area contributed by atoms with Gasteiger partial charge < -0.3 is 20.2 Å². The number of hydrogen-bond donors (Lipinski definition) is 2. The van der Waals surface area contributed by atoms with Crippen LogP contribution in [-0.4, -0.2) is 53.5 Å². The molecule has 1 heterocycles. The zero-order chi connectivity index (χ0) is 16.2. The highest BCUT2D eigenvalue weighted by atomic mass is 17.0. The Labute approximate surface area is 130 Å². The highest BCUT2D eigenvalue weighted by Crippen LogP contribution is 2.19. The zero-order valence-electron chi connectivity index (χ0n) is 13.0. The van der Waals surface area contributed by atoms with Gasteiger partial charge in [0.1, 0.15) is 6.10 Å². The smallest absolute Gasteiger partial charge is 0.404 e. The third-order valence-corrected chi connectivity index (χ3v) is 3.94. The van der Waals surface area contributed by atoms with E-state index in [1.54, 1.807) is 0 Å². The van der Waals surface area contributed by atoms with E-state index in [0.717, 1.165) is 45.3 Å². The normalized spacial score (nSPS) is 19.6. The summed E-state index contributed by atoms with van der Waals surface area (Å²) < 4.78 is 0. The molecule has 22 heavy (non-hydrogen) atoms. The summed E-state index contributed by atoms with van der Waals surface area (Å²) in [5, 5.41) is 19.8. The summed E-state index contributed by atoms with van der Waals surface area (Å²) in [4.78, 5) is 26.7. The molecule has 8 nitrogen and oxygen atoms in total. The number of likely N-dealkylation sites (tertiary alicyclic amines) is 1. The number of rotatable bonds is 5. The van der Waals surface area contributed by atoms with Crippen LogP contribution in [0.1, 0.15) is 51.4 Å². The molecule has 1 aliphatic carbocycles. The minimum absolute atomic E-state index is 0.122. The molecule has 0 bridgehead atoms. The molecular formula is C14H27N3O5. The van der Waals surface area contributed by atoms with Crippen molar-refractivity contribution < 1.29 is 19.8 Å². The van der Waals surface area contributed by atoms with E-state index in [2.05, 4.69) is 15.1 Å². The standard InChI is InChI=1S/C8H16N2O2.C6H11NO3/c11-8(12)9-4-7-10-5-2-1-3-6-10;8-7(9)10-6-4-2-1-3-5-6/h9H,1-7H2,(H,11,12);6H,1-5H2. The maximum atomic E-state index is 10.1. The summed E-state index contributed by atoms with van der Waals surface area (Å²) >= 11 is 0. The van der Waals surface area contributed by atoms with Crippen molar-refractivity contribution >= 4 is 6.09 Å². The van der Waals surface area contributed by atoms with Crippen LogP contribution in [0.2, 0.25) is 0 Å². The summed E-state index contributed by atoms with van der Waals surface area (Å²) in [7, 11) is 0. The lowest BCUT2D eigenvalue weighted by Crippen LogP contribution is -2.37. The van der Waals surface area contributed by atoms with Gasteiger partial charge in [-0.05, 0) is 38.8 Å². The number of nitrogens with zero attached hydrogens (tertiary/aromatic N) is 2. The number of hydrogen-bond acceptors (Lipinski definition) is 5. The Kier molecular flexibility index (Phi) is 9.29. The summed E-state index contributed by atoms with van der Waals surface area (Å²) in [6.07, 6.45) is 7.82. The van der Waals surface area contributed by atoms with Crippen molar-refractivity contribution in [1.29, 1.82) is 0 Å². The second-order valence-electron chi connectivity index (χ2n) is 5.72. The lowest BCUT2D eigenvalue weighted by atomic mass is 9.98. The topological polar surface area (TPSA) is 105 Å². The van der Waals surface area contributed by atoms with Gasteiger partial charge in [-0.25, -0.2) is 4.79 Å². The molecule has 2 rings (SSSR count). The van der Waals surface area contributed by atoms with Crippen LogP contribution in [0.3, 0.4) is 0 Å². The molecule has 0 aromatic heterocycles. The molecule has 0 spiro atoms. The minimum atomic E-state index is -0.924. The van der Waals surface area contributed by atoms with Crippen LogP contribution in [-0.2, 0) is 4.84 Å². The van der Waals surface area contributed by atoms with Crippen LogP contribution in [0.15, 0.2) is 0 Å². The molecule has 128 valence electrons. The monoisotopic (exact) mass is 317 g/mol. The first kappa shape index (κ1) is 18.5. The SMILES string of the molecule is O=C(O)NCCN1CCCCC1.O=[N+]([O-])OC1CCCCC1. The second-order valence-corrected chi connectivity index (χ2v) is 5.72. The van der Waals surface area contributed by atoms with E-state index in [-0.39, 0.29) is 6.10 Å². The van der Waals surface area contributed by atoms with Crippen molar-refractivity contribution in [3.8, 4) is 0 Å². The quantitative estimate of drug-likeness (QED) is 0.595. The van der Waals surface area contributed by atoms with Crippen LogP contribution in [0, 0.1) is 10.1 Å². The zero-order valence-corrected chi connectivity index (χ0v) is 13.0. The van der Waals surface area contributed by atoms with Crippen molar-refractivity contribution in [2.45, 2.75) is 57.5 Å². The maximum absolute atomic E-state index is 10.1. The van der Waals surface area contributed by atoms with Crippen LogP contribution in [0.25, 0.3) is 0 Å². The molecule has 0 unspecified atom stereocenters. The molecule has 2 aliphatic rings. The van der Waals surface area contributed by atoms with Gasteiger partial charge >= 0.3 is 6.09 Å². The first-order valence-electron chi connectivity index (χ1n) is 8.08. The van der Waals surface area contributed by atoms with Gasteiger partial charge in [-0.1, -0.05) is 25.7 Å². The predicted molar refractivity (Wildman–Crippen MR) is 81.3 cm³/mol. The molecule has 2 N–H and O–H groups in total. The fraction of sp³-hybridized carbons (Fsp3) is 0.929. The molecule has 0 aromatic carbocycles. The Bertz CT molecular complexity index is 328. The molecule has 2 fully saturated rings. The molecule has 1 aliphatic heterocycles. The van der Waals surface area contributed by atoms with E-state index in [1.807, 2.05) is 0 Å². The molecule has 1 saturated carbocycles. The van der Waals surface area contributed by atoms with Crippen LogP contribution >= 0.6 is 0 Å². The van der Waals surface area contributed by atoms with Gasteiger partial charge in [0.25, 0.3) is 5.09 Å². The fourth-order valence-corrected chi connectivity index (χ4v) is 2.80. The van der Waals surface area contributed by atoms with Gasteiger partial charge in [0.2, 0.25) is 0 Å². The number of carbonyl (C=O) groups is 1. The van der Waals surface area contributed by atoms with Gasteiger partial charge in [0, 0.05) is 13.1 Å². The van der Waals surface area contributed by atoms with Crippen molar-refractivity contribution in [3.05, 3.63) is 10.1 Å². The number of nitrogens with one attached hydrogen (secondary N) is 1. The van der Waals surface area contributed by atoms with Crippen molar-refractivity contribution in [3.63, 3.8) is 0 Å². The maximum Gasteiger partial charge on any atom is 0.404 e. The van der Waals surface area contributed by atoms with E-state index >= 15 is 0 Å². The summed E-state index contributed by atoms with van der Waals surface area (Å²) in [6.45, 7) is 3.66. The van der Waals surface area contributed by atoms with Crippen molar-refractivity contribution in [2.75, 3.05) is 26.2 Å². The Balaban J connectivity index is 0.000000224. The van der Waals surface area contributed by atoms with E-state index in [4.69, 9.17) is 5.11 Å². The highest BCUT2D eigenvalue weighted by molar-refractivity contribution is 5.64. The van der Waals surface area contributed by atoms with Gasteiger partial charge in [0.05, 0.1) is 0 Å². The Hall–Kier alpha value is -1.57. The average molecular weight is 317 g/mol. The number of amides is 1. The third-order valence-electron chi connectivity index (χ3n) is 3.94. The fourth-order valence-electron chi connectivity index (χ4n) is 2.80. The van der Waals surface area contributed by atoms with E-state index in [1.165, 1.54) is 25.7 Å². The minimum Gasteiger partial charge on any atom is -0.465 e. The Morgan fingerprint density at radius 1 is 1.18 bits per heavy atom. The lowest BCUT2D eigenvalue weighted by molar-refractivity contribution is -0.769. The molecular weight excluding hydrogens is 290 g/mol. The first-order chi connectivity index (χ1) is 10.6. The Morgan fingerprint density at radius 2 is 1.77 bits per heavy atom. The lowest BCUT2D eigenvalue weighted by Gasteiger charge is -2.25. The van der Waals surface area contributed by atoms with Crippen molar-refractivity contribution in [2.24, 2.45) is 0 Å². The van der Waals surface area contributed by atoms with Gasteiger partial charge in [-0.15, -0.1) is 10.1 Å². The van der Waals surface area contributed by atoms with Crippen molar-refractivity contribution in [1.82, 2.24) is 10.2 Å². The van der Waals surface area contributed by atoms with Crippen LogP contribution in [0.4, 0.5) is 4.79 Å². The molecule has 8 heteroatoms. The van der Waals surface area contributed by atoms with Gasteiger partial charge in [0.15, 0.2) is 0 Å². The third kappa shape index (κ3) is 9.38. The van der Waals surface area contributed by atoms with Crippen LogP contribution < -0.4 is 5.32 Å². The van der Waals surface area contributed by atoms with Gasteiger partial charge in [-0.2, -0.15) is 0 Å². The molecule has 0 aromatic rings. The molecule has 1 saturated heterocycles. The molecule has 0 radical (unpaired) electrons. The average Bonchev–Trinajstić information content (AvgIpc) is 2.49. The predicted octanol–water partition coefficient (Wildman–Crippen LogP) is 2.27. The highest BCUT2D eigenvalue weighted by Gasteiger charge is 2.16. The molecule has 0 atom stereocenters. The number of carboxylic acid groups (broad SMARTS) is 1. The molecule has 1 amide bonds. The van der Waals surface area contributed by atoms with E-state index < -0.39 is 11.2 Å². The summed E-state index contributed by atoms with van der Waals surface area (Å²) in [6, 6.07) is 0. The largest absolute Gasteiger partial charge is 0.465 e. The van der Waals surface area contributed by atoms with Gasteiger partial charge in [-0.3, -0.25) is 0 Å². The summed E-state index contributed by atoms with van der Waals surface area (Å²) in [5.74, 6) is 0.